The molecular formula is C27H27N5O3. The zero-order valence-corrected chi connectivity index (χ0v) is 19.3. The predicted molar refractivity (Wildman–Crippen MR) is 137 cm³/mol. The minimum Gasteiger partial charge on any atom is -0.397 e. The molecule has 6 N–H and O–H groups in total. The number of aromatic amines is 1. The van der Waals surface area contributed by atoms with E-state index >= 15 is 0 Å². The van der Waals surface area contributed by atoms with Crippen LogP contribution >= 0.6 is 0 Å². The third-order valence-corrected chi connectivity index (χ3v) is 5.68. The first-order valence-electron chi connectivity index (χ1n) is 11.3. The molecule has 4 rings (SSSR count). The Morgan fingerprint density at radius 1 is 0.943 bits per heavy atom. The highest BCUT2D eigenvalue weighted by molar-refractivity contribution is 6.05. The van der Waals surface area contributed by atoms with Gasteiger partial charge in [-0.1, -0.05) is 42.5 Å². The number of hydrogen-bond acceptors (Lipinski definition) is 4. The van der Waals surface area contributed by atoms with Crippen LogP contribution in [0.3, 0.4) is 0 Å². The second kappa shape index (κ2) is 10.6. The van der Waals surface area contributed by atoms with Gasteiger partial charge in [-0.25, -0.2) is 0 Å². The lowest BCUT2D eigenvalue weighted by molar-refractivity contribution is -0.128. The summed E-state index contributed by atoms with van der Waals surface area (Å²) in [6, 6.07) is 21.1. The first-order chi connectivity index (χ1) is 16.9. The number of anilines is 2. The summed E-state index contributed by atoms with van der Waals surface area (Å²) in [4.78, 5) is 40.3. The lowest BCUT2D eigenvalue weighted by Gasteiger charge is -2.17. The van der Waals surface area contributed by atoms with Gasteiger partial charge in [-0.3, -0.25) is 14.4 Å². The number of H-pyrrole nitrogens is 1. The number of carbonyl (C=O) groups excluding carboxylic acids is 3. The van der Waals surface area contributed by atoms with Gasteiger partial charge in [0.2, 0.25) is 11.8 Å². The molecule has 0 aliphatic carbocycles. The van der Waals surface area contributed by atoms with Crippen molar-refractivity contribution in [2.75, 3.05) is 11.1 Å². The highest BCUT2D eigenvalue weighted by Crippen LogP contribution is 2.20. The number of fused-ring (bicyclic) bond motifs is 1. The fraction of sp³-hybridized carbons (Fsp3) is 0.148. The molecule has 8 nitrogen and oxygen atoms in total. The van der Waals surface area contributed by atoms with Gasteiger partial charge in [-0.15, -0.1) is 0 Å². The number of benzene rings is 3. The summed E-state index contributed by atoms with van der Waals surface area (Å²) in [6.07, 6.45) is 2.22. The Morgan fingerprint density at radius 2 is 1.66 bits per heavy atom. The van der Waals surface area contributed by atoms with Crippen molar-refractivity contribution in [2.24, 2.45) is 0 Å². The number of rotatable bonds is 8. The Kier molecular flexibility index (Phi) is 7.11. The van der Waals surface area contributed by atoms with Crippen molar-refractivity contribution in [3.63, 3.8) is 0 Å². The largest absolute Gasteiger partial charge is 0.397 e. The molecule has 0 bridgehead atoms. The van der Waals surface area contributed by atoms with E-state index in [0.717, 1.165) is 22.0 Å². The van der Waals surface area contributed by atoms with Gasteiger partial charge in [0.25, 0.3) is 5.91 Å². The zero-order chi connectivity index (χ0) is 24.8. The van der Waals surface area contributed by atoms with Crippen molar-refractivity contribution in [3.8, 4) is 0 Å². The molecule has 0 saturated carbocycles. The highest BCUT2D eigenvalue weighted by atomic mass is 16.2. The summed E-state index contributed by atoms with van der Waals surface area (Å²) in [6.45, 7) is 1.65. The number of nitrogens with two attached hydrogens (primary N) is 1. The maximum absolute atomic E-state index is 12.9. The molecule has 0 aliphatic heterocycles. The molecule has 178 valence electrons. The quantitative estimate of drug-likeness (QED) is 0.253. The van der Waals surface area contributed by atoms with Crippen LogP contribution < -0.4 is 21.7 Å². The van der Waals surface area contributed by atoms with Gasteiger partial charge in [0, 0.05) is 42.6 Å². The lowest BCUT2D eigenvalue weighted by atomic mass is 10.0. The topological polar surface area (TPSA) is 129 Å². The number of carbonyl (C=O) groups is 3. The standard InChI is InChI=1S/C27H27N5O3/c1-17(33)31-25(14-20-16-29-23-8-4-2-6-21(20)23)27(35)30-15-18-10-12-19(13-11-18)26(34)32-24-9-5-3-7-22(24)28/h2-13,16,25,29H,14-15,28H2,1H3,(H,30,35)(H,31,33)(H,32,34)/t25-/m0/s1. The van der Waals surface area contributed by atoms with Crippen LogP contribution in [0.2, 0.25) is 0 Å². The average molecular weight is 470 g/mol. The van der Waals surface area contributed by atoms with E-state index in [1.54, 1.807) is 48.5 Å². The van der Waals surface area contributed by atoms with E-state index in [1.807, 2.05) is 30.5 Å². The molecule has 1 heterocycles. The molecule has 8 heteroatoms. The fourth-order valence-electron chi connectivity index (χ4n) is 3.87. The normalized spacial score (nSPS) is 11.6. The number of aromatic nitrogens is 1. The Balaban J connectivity index is 1.38. The van der Waals surface area contributed by atoms with E-state index in [-0.39, 0.29) is 24.3 Å². The Bertz CT molecular complexity index is 1360. The predicted octanol–water partition coefficient (Wildman–Crippen LogP) is 3.37. The van der Waals surface area contributed by atoms with Crippen LogP contribution in [0.1, 0.15) is 28.4 Å². The molecule has 4 aromatic rings. The second-order valence-electron chi connectivity index (χ2n) is 8.27. The Morgan fingerprint density at radius 3 is 2.40 bits per heavy atom. The van der Waals surface area contributed by atoms with Crippen LogP contribution in [0.25, 0.3) is 10.9 Å². The molecule has 0 aliphatic rings. The average Bonchev–Trinajstić information content (AvgIpc) is 3.26. The van der Waals surface area contributed by atoms with Crippen molar-refractivity contribution >= 4 is 40.0 Å². The minimum atomic E-state index is -0.715. The van der Waals surface area contributed by atoms with E-state index in [2.05, 4.69) is 20.9 Å². The van der Waals surface area contributed by atoms with Gasteiger partial charge in [0.1, 0.15) is 6.04 Å². The van der Waals surface area contributed by atoms with Gasteiger partial charge in [-0.2, -0.15) is 0 Å². The van der Waals surface area contributed by atoms with E-state index in [9.17, 15) is 14.4 Å². The highest BCUT2D eigenvalue weighted by Gasteiger charge is 2.21. The lowest BCUT2D eigenvalue weighted by Crippen LogP contribution is -2.47. The maximum Gasteiger partial charge on any atom is 0.255 e. The Hall–Kier alpha value is -4.59. The molecule has 3 aromatic carbocycles. The molecule has 0 saturated heterocycles. The third-order valence-electron chi connectivity index (χ3n) is 5.68. The molecule has 0 unspecified atom stereocenters. The summed E-state index contributed by atoms with van der Waals surface area (Å²) >= 11 is 0. The van der Waals surface area contributed by atoms with Crippen LogP contribution in [-0.2, 0) is 22.6 Å². The maximum atomic E-state index is 12.9. The number of amides is 3. The summed E-state index contributed by atoms with van der Waals surface area (Å²) in [5.74, 6) is -0.839. The van der Waals surface area contributed by atoms with Crippen LogP contribution in [0, 0.1) is 0 Å². The number of para-hydroxylation sites is 3. The van der Waals surface area contributed by atoms with E-state index in [1.165, 1.54) is 6.92 Å². The first kappa shape index (κ1) is 23.6. The van der Waals surface area contributed by atoms with Crippen LogP contribution in [0.5, 0.6) is 0 Å². The van der Waals surface area contributed by atoms with Crippen molar-refractivity contribution in [3.05, 3.63) is 95.7 Å². The molecule has 0 radical (unpaired) electrons. The van der Waals surface area contributed by atoms with Crippen molar-refractivity contribution in [1.82, 2.24) is 15.6 Å². The van der Waals surface area contributed by atoms with Gasteiger partial charge >= 0.3 is 0 Å². The number of nitrogens with one attached hydrogen (secondary N) is 4. The smallest absolute Gasteiger partial charge is 0.255 e. The van der Waals surface area contributed by atoms with E-state index < -0.39 is 6.04 Å². The van der Waals surface area contributed by atoms with Gasteiger partial charge in [-0.05, 0) is 41.5 Å². The number of nitrogen functional groups attached to an aromatic ring is 1. The van der Waals surface area contributed by atoms with Crippen LogP contribution in [0.4, 0.5) is 11.4 Å². The number of hydrogen-bond donors (Lipinski definition) is 5. The Labute approximate surface area is 202 Å². The summed E-state index contributed by atoms with van der Waals surface area (Å²) < 4.78 is 0. The SMILES string of the molecule is CC(=O)N[C@@H](Cc1c[nH]c2ccccc12)C(=O)NCc1ccc(C(=O)Nc2ccccc2N)cc1. The molecule has 35 heavy (non-hydrogen) atoms. The van der Waals surface area contributed by atoms with Crippen molar-refractivity contribution in [2.45, 2.75) is 25.9 Å². The van der Waals surface area contributed by atoms with E-state index in [0.29, 0.717) is 23.4 Å². The van der Waals surface area contributed by atoms with Crippen LogP contribution in [0.15, 0.2) is 79.0 Å². The zero-order valence-electron chi connectivity index (χ0n) is 19.3. The molecule has 0 fully saturated rings. The van der Waals surface area contributed by atoms with Crippen molar-refractivity contribution < 1.29 is 14.4 Å². The molecular weight excluding hydrogens is 442 g/mol. The van der Waals surface area contributed by atoms with Crippen molar-refractivity contribution in [1.29, 1.82) is 0 Å². The van der Waals surface area contributed by atoms with Gasteiger partial charge < -0.3 is 26.7 Å². The third kappa shape index (κ3) is 5.86. The molecule has 1 aromatic heterocycles. The van der Waals surface area contributed by atoms with E-state index in [4.69, 9.17) is 5.73 Å². The summed E-state index contributed by atoms with van der Waals surface area (Å²) in [5, 5.41) is 9.42. The van der Waals surface area contributed by atoms with Crippen LogP contribution in [-0.4, -0.2) is 28.7 Å². The fourth-order valence-corrected chi connectivity index (χ4v) is 3.87. The summed E-state index contributed by atoms with van der Waals surface area (Å²) in [5.41, 5.74) is 10.1. The molecule has 1 atom stereocenters. The summed E-state index contributed by atoms with van der Waals surface area (Å²) in [7, 11) is 0. The first-order valence-corrected chi connectivity index (χ1v) is 11.3. The van der Waals surface area contributed by atoms with Gasteiger partial charge in [0.05, 0.1) is 11.4 Å². The minimum absolute atomic E-state index is 0.260. The second-order valence-corrected chi connectivity index (χ2v) is 8.27. The van der Waals surface area contributed by atoms with Gasteiger partial charge in [0.15, 0.2) is 0 Å². The molecule has 3 amide bonds. The monoisotopic (exact) mass is 469 g/mol. The molecule has 0 spiro atoms.